The molecule has 1 rings (SSSR count). The van der Waals surface area contributed by atoms with Crippen molar-refractivity contribution in [2.75, 3.05) is 6.54 Å². The highest BCUT2D eigenvalue weighted by molar-refractivity contribution is 9.10. The molecule has 0 aliphatic rings. The highest BCUT2D eigenvalue weighted by Crippen LogP contribution is 2.13. The standard InChI is InChI=1S/C9H13BrN2O3S/c1-7(13)2-3-12-16(14,15)9-4-8(10)5-11-6-9/h4-7,12-13H,2-3H2,1H3. The average Bonchev–Trinajstić information content (AvgIpc) is 2.16. The van der Waals surface area contributed by atoms with Crippen molar-refractivity contribution in [1.82, 2.24) is 9.71 Å². The second-order valence-electron chi connectivity index (χ2n) is 3.37. The van der Waals surface area contributed by atoms with Crippen molar-refractivity contribution in [2.45, 2.75) is 24.3 Å². The minimum Gasteiger partial charge on any atom is -0.393 e. The molecule has 90 valence electrons. The molecule has 1 atom stereocenters. The van der Waals surface area contributed by atoms with Gasteiger partial charge in [-0.25, -0.2) is 13.1 Å². The van der Waals surface area contributed by atoms with Crippen LogP contribution in [0.4, 0.5) is 0 Å². The smallest absolute Gasteiger partial charge is 0.242 e. The number of aliphatic hydroxyl groups excluding tert-OH is 1. The molecule has 5 nitrogen and oxygen atoms in total. The van der Waals surface area contributed by atoms with E-state index in [0.717, 1.165) is 0 Å². The summed E-state index contributed by atoms with van der Waals surface area (Å²) in [7, 11) is -3.53. The molecule has 0 radical (unpaired) electrons. The lowest BCUT2D eigenvalue weighted by molar-refractivity contribution is 0.186. The molecule has 0 spiro atoms. The van der Waals surface area contributed by atoms with Gasteiger partial charge in [-0.2, -0.15) is 0 Å². The Morgan fingerprint density at radius 2 is 2.25 bits per heavy atom. The third-order valence-electron chi connectivity index (χ3n) is 1.84. The lowest BCUT2D eigenvalue weighted by Crippen LogP contribution is -2.26. The molecule has 1 aromatic heterocycles. The number of nitrogens with one attached hydrogen (secondary N) is 1. The van der Waals surface area contributed by atoms with Crippen LogP contribution in [0.2, 0.25) is 0 Å². The number of pyridine rings is 1. The number of aromatic nitrogens is 1. The summed E-state index contributed by atoms with van der Waals surface area (Å²) in [5, 5.41) is 9.01. The van der Waals surface area contributed by atoms with E-state index in [1.54, 1.807) is 6.92 Å². The molecule has 1 unspecified atom stereocenters. The predicted molar refractivity (Wildman–Crippen MR) is 63.4 cm³/mol. The molecule has 0 bridgehead atoms. The van der Waals surface area contributed by atoms with Gasteiger partial charge in [0.25, 0.3) is 0 Å². The summed E-state index contributed by atoms with van der Waals surface area (Å²) in [6.07, 6.45) is 2.63. The second kappa shape index (κ2) is 5.72. The Bertz CT molecular complexity index is 448. The van der Waals surface area contributed by atoms with Crippen LogP contribution in [-0.2, 0) is 10.0 Å². The molecule has 0 aliphatic carbocycles. The Labute approximate surface area is 103 Å². The molecule has 0 aromatic carbocycles. The lowest BCUT2D eigenvalue weighted by atomic mass is 10.3. The van der Waals surface area contributed by atoms with Crippen LogP contribution < -0.4 is 4.72 Å². The van der Waals surface area contributed by atoms with Crippen LogP contribution in [0.3, 0.4) is 0 Å². The first-order valence-electron chi connectivity index (χ1n) is 4.70. The zero-order chi connectivity index (χ0) is 12.2. The maximum absolute atomic E-state index is 11.7. The Morgan fingerprint density at radius 1 is 1.56 bits per heavy atom. The lowest BCUT2D eigenvalue weighted by Gasteiger charge is -2.07. The number of halogens is 1. The van der Waals surface area contributed by atoms with Gasteiger partial charge in [-0.3, -0.25) is 4.98 Å². The van der Waals surface area contributed by atoms with E-state index in [4.69, 9.17) is 5.11 Å². The van der Waals surface area contributed by atoms with Crippen LogP contribution in [-0.4, -0.2) is 31.2 Å². The van der Waals surface area contributed by atoms with Crippen molar-refractivity contribution in [1.29, 1.82) is 0 Å². The van der Waals surface area contributed by atoms with Crippen LogP contribution >= 0.6 is 15.9 Å². The first-order valence-corrected chi connectivity index (χ1v) is 6.98. The van der Waals surface area contributed by atoms with Crippen LogP contribution in [0.5, 0.6) is 0 Å². The quantitative estimate of drug-likeness (QED) is 0.847. The molecule has 0 aliphatic heterocycles. The topological polar surface area (TPSA) is 79.3 Å². The van der Waals surface area contributed by atoms with Gasteiger partial charge in [0.15, 0.2) is 0 Å². The van der Waals surface area contributed by atoms with Crippen molar-refractivity contribution in [3.8, 4) is 0 Å². The first-order chi connectivity index (χ1) is 7.42. The molecule has 0 saturated heterocycles. The molecule has 1 aromatic rings. The Balaban J connectivity index is 2.71. The summed E-state index contributed by atoms with van der Waals surface area (Å²) < 4.78 is 26.4. The van der Waals surface area contributed by atoms with Gasteiger partial charge in [0, 0.05) is 23.4 Å². The molecule has 16 heavy (non-hydrogen) atoms. The van der Waals surface area contributed by atoms with E-state index >= 15 is 0 Å². The first kappa shape index (κ1) is 13.6. The van der Waals surface area contributed by atoms with Gasteiger partial charge in [0.05, 0.1) is 6.10 Å². The Morgan fingerprint density at radius 3 is 2.81 bits per heavy atom. The van der Waals surface area contributed by atoms with Crippen LogP contribution in [0.25, 0.3) is 0 Å². The molecule has 0 saturated carbocycles. The average molecular weight is 309 g/mol. The van der Waals surface area contributed by atoms with Gasteiger partial charge >= 0.3 is 0 Å². The number of rotatable bonds is 5. The fourth-order valence-electron chi connectivity index (χ4n) is 1.02. The van der Waals surface area contributed by atoms with Gasteiger partial charge in [-0.1, -0.05) is 0 Å². The number of aliphatic hydroxyl groups is 1. The van der Waals surface area contributed by atoms with Crippen LogP contribution in [0, 0.1) is 0 Å². The minimum atomic E-state index is -3.53. The highest BCUT2D eigenvalue weighted by atomic mass is 79.9. The van der Waals surface area contributed by atoms with Gasteiger partial charge in [-0.05, 0) is 35.3 Å². The Hall–Kier alpha value is -0.500. The van der Waals surface area contributed by atoms with E-state index < -0.39 is 16.1 Å². The van der Waals surface area contributed by atoms with Crippen LogP contribution in [0.15, 0.2) is 27.8 Å². The Kier molecular flexibility index (Phi) is 4.85. The minimum absolute atomic E-state index is 0.104. The van der Waals surface area contributed by atoms with Gasteiger partial charge < -0.3 is 5.11 Å². The van der Waals surface area contributed by atoms with Gasteiger partial charge in [0.2, 0.25) is 10.0 Å². The van der Waals surface area contributed by atoms with E-state index in [1.807, 2.05) is 0 Å². The summed E-state index contributed by atoms with van der Waals surface area (Å²) in [4.78, 5) is 3.88. The predicted octanol–water partition coefficient (Wildman–Crippen LogP) is 0.893. The molecular formula is C9H13BrN2O3S. The largest absolute Gasteiger partial charge is 0.393 e. The third-order valence-corrected chi connectivity index (χ3v) is 3.71. The SMILES string of the molecule is CC(O)CCNS(=O)(=O)c1cncc(Br)c1. The fraction of sp³-hybridized carbons (Fsp3) is 0.444. The van der Waals surface area contributed by atoms with E-state index in [2.05, 4.69) is 25.6 Å². The highest BCUT2D eigenvalue weighted by Gasteiger charge is 2.14. The molecule has 2 N–H and O–H groups in total. The van der Waals surface area contributed by atoms with Crippen molar-refractivity contribution in [2.24, 2.45) is 0 Å². The summed E-state index contributed by atoms with van der Waals surface area (Å²) in [6.45, 7) is 1.81. The molecule has 0 amide bonds. The molecular weight excluding hydrogens is 296 g/mol. The van der Waals surface area contributed by atoms with Gasteiger partial charge in [0.1, 0.15) is 4.90 Å². The third kappa shape index (κ3) is 4.17. The fourth-order valence-corrected chi connectivity index (χ4v) is 2.58. The zero-order valence-electron chi connectivity index (χ0n) is 8.72. The van der Waals surface area contributed by atoms with E-state index in [9.17, 15) is 8.42 Å². The maximum Gasteiger partial charge on any atom is 0.242 e. The van der Waals surface area contributed by atoms with Crippen molar-refractivity contribution < 1.29 is 13.5 Å². The summed E-state index contributed by atoms with van der Waals surface area (Å²) in [6, 6.07) is 1.47. The van der Waals surface area contributed by atoms with Crippen molar-refractivity contribution >= 4 is 26.0 Å². The molecule has 0 fully saturated rings. The monoisotopic (exact) mass is 308 g/mol. The van der Waals surface area contributed by atoms with E-state index in [1.165, 1.54) is 18.5 Å². The zero-order valence-corrected chi connectivity index (χ0v) is 11.1. The molecule has 1 heterocycles. The number of hydrogen-bond donors (Lipinski definition) is 2. The number of sulfonamides is 1. The maximum atomic E-state index is 11.7. The van der Waals surface area contributed by atoms with Crippen LogP contribution in [0.1, 0.15) is 13.3 Å². The second-order valence-corrected chi connectivity index (χ2v) is 6.06. The summed E-state index contributed by atoms with van der Waals surface area (Å²) >= 11 is 3.15. The van der Waals surface area contributed by atoms with Crippen molar-refractivity contribution in [3.05, 3.63) is 22.9 Å². The van der Waals surface area contributed by atoms with Gasteiger partial charge in [-0.15, -0.1) is 0 Å². The molecule has 7 heteroatoms. The number of hydrogen-bond acceptors (Lipinski definition) is 4. The summed E-state index contributed by atoms with van der Waals surface area (Å²) in [5.41, 5.74) is 0. The van der Waals surface area contributed by atoms with E-state index in [-0.39, 0.29) is 11.4 Å². The number of nitrogens with zero attached hydrogens (tertiary/aromatic N) is 1. The van der Waals surface area contributed by atoms with E-state index in [0.29, 0.717) is 10.9 Å². The van der Waals surface area contributed by atoms with Crippen molar-refractivity contribution in [3.63, 3.8) is 0 Å². The summed E-state index contributed by atoms with van der Waals surface area (Å²) in [5.74, 6) is 0. The normalized spacial score (nSPS) is 13.7.